The van der Waals surface area contributed by atoms with Crippen molar-refractivity contribution < 1.29 is 34.0 Å². The van der Waals surface area contributed by atoms with Gasteiger partial charge >= 0.3 is 5.97 Å². The minimum Gasteiger partial charge on any atom is -0.457 e. The van der Waals surface area contributed by atoms with E-state index in [0.717, 1.165) is 0 Å². The lowest BCUT2D eigenvalue weighted by Crippen LogP contribution is -2.34. The van der Waals surface area contributed by atoms with Gasteiger partial charge in [-0.25, -0.2) is 0 Å². The minimum absolute atomic E-state index is 0.141. The number of nitrogens with zero attached hydrogens (tertiary/aromatic N) is 1. The molecule has 2 aliphatic rings. The van der Waals surface area contributed by atoms with Crippen LogP contribution in [0, 0.1) is 10.1 Å². The number of carbonyl (C=O) groups excluding carboxylic acids is 1. The van der Waals surface area contributed by atoms with Crippen LogP contribution in [0.15, 0.2) is 0 Å². The molecule has 21 heavy (non-hydrogen) atoms. The zero-order valence-electron chi connectivity index (χ0n) is 11.7. The van der Waals surface area contributed by atoms with Crippen molar-refractivity contribution in [3.8, 4) is 0 Å². The number of esters is 1. The van der Waals surface area contributed by atoms with Crippen molar-refractivity contribution in [2.24, 2.45) is 0 Å². The molecule has 0 amide bonds. The first kappa shape index (κ1) is 15.9. The molecule has 2 rings (SSSR count). The normalized spacial score (nSPS) is 32.5. The van der Waals surface area contributed by atoms with Crippen molar-refractivity contribution in [3.63, 3.8) is 0 Å². The van der Waals surface area contributed by atoms with Crippen molar-refractivity contribution in [2.45, 2.75) is 56.7 Å². The number of aliphatic hydroxyl groups is 1. The summed E-state index contributed by atoms with van der Waals surface area (Å²) < 4.78 is 15.9. The highest BCUT2D eigenvalue weighted by molar-refractivity contribution is 5.69. The SMILES string of the molecule is C[C@@H](CCCC(=O)O[C@@H]1CO[C@H]2[C@@H]1OC[C@H]2O)O[N+](=O)[O-]. The standard InChI is InChI=1S/C12H19NO8/c1-7(21-13(16)17)3-2-4-10(15)20-9-6-19-11-8(14)5-18-12(9)11/h7-9,11-12,14H,2-6H2,1H3/t7-,8+,9+,11+,12+/m0/s1. The lowest BCUT2D eigenvalue weighted by Gasteiger charge is -2.16. The molecule has 2 heterocycles. The lowest BCUT2D eigenvalue weighted by atomic mass is 10.1. The Morgan fingerprint density at radius 3 is 2.86 bits per heavy atom. The monoisotopic (exact) mass is 305 g/mol. The number of fused-ring (bicyclic) bond motifs is 1. The van der Waals surface area contributed by atoms with Crippen molar-refractivity contribution >= 4 is 5.97 Å². The predicted octanol–water partition coefficient (Wildman–Crippen LogP) is -0.176. The maximum Gasteiger partial charge on any atom is 0.306 e. The van der Waals surface area contributed by atoms with Gasteiger partial charge in [0.15, 0.2) is 6.10 Å². The number of ether oxygens (including phenoxy) is 3. The van der Waals surface area contributed by atoms with Crippen LogP contribution >= 0.6 is 0 Å². The topological polar surface area (TPSA) is 117 Å². The van der Waals surface area contributed by atoms with Gasteiger partial charge < -0.3 is 24.2 Å². The maximum absolute atomic E-state index is 11.7. The van der Waals surface area contributed by atoms with Gasteiger partial charge in [-0.15, -0.1) is 10.1 Å². The van der Waals surface area contributed by atoms with Crippen molar-refractivity contribution in [1.29, 1.82) is 0 Å². The number of carbonyl (C=O) groups is 1. The van der Waals surface area contributed by atoms with E-state index in [9.17, 15) is 20.0 Å². The molecule has 2 saturated heterocycles. The van der Waals surface area contributed by atoms with Gasteiger partial charge in [-0.3, -0.25) is 4.79 Å². The van der Waals surface area contributed by atoms with Gasteiger partial charge in [0.1, 0.15) is 24.4 Å². The Morgan fingerprint density at radius 2 is 2.14 bits per heavy atom. The summed E-state index contributed by atoms with van der Waals surface area (Å²) in [7, 11) is 0. The van der Waals surface area contributed by atoms with E-state index in [1.165, 1.54) is 0 Å². The molecule has 0 unspecified atom stereocenters. The summed E-state index contributed by atoms with van der Waals surface area (Å²) in [6.07, 6.45) is -1.64. The highest BCUT2D eigenvalue weighted by Gasteiger charge is 2.48. The summed E-state index contributed by atoms with van der Waals surface area (Å²) in [5, 5.41) is 18.8. The zero-order valence-corrected chi connectivity index (χ0v) is 11.7. The Kier molecular flexibility index (Phi) is 5.32. The van der Waals surface area contributed by atoms with Crippen LogP contribution in [0.5, 0.6) is 0 Å². The molecule has 0 bridgehead atoms. The van der Waals surface area contributed by atoms with E-state index in [2.05, 4.69) is 4.84 Å². The van der Waals surface area contributed by atoms with E-state index in [1.54, 1.807) is 6.92 Å². The summed E-state index contributed by atoms with van der Waals surface area (Å²) in [4.78, 5) is 26.2. The highest BCUT2D eigenvalue weighted by atomic mass is 17.0. The molecular weight excluding hydrogens is 286 g/mol. The molecule has 0 aromatic carbocycles. The van der Waals surface area contributed by atoms with Crippen molar-refractivity contribution in [1.82, 2.24) is 0 Å². The van der Waals surface area contributed by atoms with Crippen LogP contribution in [0.3, 0.4) is 0 Å². The molecular formula is C12H19NO8. The fourth-order valence-corrected chi connectivity index (χ4v) is 2.51. The van der Waals surface area contributed by atoms with Gasteiger partial charge in [-0.2, -0.15) is 0 Å². The third-order valence-electron chi connectivity index (χ3n) is 3.52. The van der Waals surface area contributed by atoms with Crippen LogP contribution in [-0.2, 0) is 23.8 Å². The largest absolute Gasteiger partial charge is 0.457 e. The number of hydrogen-bond acceptors (Lipinski definition) is 8. The molecule has 2 aliphatic heterocycles. The molecule has 0 aromatic heterocycles. The van der Waals surface area contributed by atoms with Crippen LogP contribution in [0.2, 0.25) is 0 Å². The van der Waals surface area contributed by atoms with Gasteiger partial charge in [0.25, 0.3) is 5.09 Å². The van der Waals surface area contributed by atoms with E-state index >= 15 is 0 Å². The smallest absolute Gasteiger partial charge is 0.306 e. The Balaban J connectivity index is 1.65. The van der Waals surface area contributed by atoms with Crippen LogP contribution < -0.4 is 0 Å². The van der Waals surface area contributed by atoms with Crippen molar-refractivity contribution in [3.05, 3.63) is 10.1 Å². The third kappa shape index (κ3) is 4.26. The molecule has 5 atom stereocenters. The quantitative estimate of drug-likeness (QED) is 0.391. The van der Waals surface area contributed by atoms with E-state index in [-0.39, 0.29) is 19.6 Å². The van der Waals surface area contributed by atoms with E-state index in [0.29, 0.717) is 12.8 Å². The molecule has 120 valence electrons. The molecule has 0 aromatic rings. The van der Waals surface area contributed by atoms with Crippen LogP contribution in [-0.4, -0.2) is 59.9 Å². The van der Waals surface area contributed by atoms with Crippen LogP contribution in [0.4, 0.5) is 0 Å². The van der Waals surface area contributed by atoms with E-state index < -0.39 is 41.6 Å². The summed E-state index contributed by atoms with van der Waals surface area (Å²) in [6.45, 7) is 1.95. The first-order chi connectivity index (χ1) is 9.97. The molecule has 0 aliphatic carbocycles. The first-order valence-electron chi connectivity index (χ1n) is 6.89. The molecule has 2 fully saturated rings. The van der Waals surface area contributed by atoms with E-state index in [4.69, 9.17) is 14.2 Å². The molecule has 9 nitrogen and oxygen atoms in total. The maximum atomic E-state index is 11.7. The highest BCUT2D eigenvalue weighted by Crippen LogP contribution is 2.29. The van der Waals surface area contributed by atoms with Gasteiger partial charge in [0.05, 0.1) is 13.2 Å². The second-order valence-corrected chi connectivity index (χ2v) is 5.22. The average molecular weight is 305 g/mol. The lowest BCUT2D eigenvalue weighted by molar-refractivity contribution is -0.767. The average Bonchev–Trinajstić information content (AvgIpc) is 2.93. The molecule has 0 radical (unpaired) electrons. The third-order valence-corrected chi connectivity index (χ3v) is 3.52. The second-order valence-electron chi connectivity index (χ2n) is 5.22. The molecule has 1 N–H and O–H groups in total. The number of hydrogen-bond donors (Lipinski definition) is 1. The predicted molar refractivity (Wildman–Crippen MR) is 66.8 cm³/mol. The molecule has 9 heteroatoms. The van der Waals surface area contributed by atoms with Gasteiger partial charge in [0.2, 0.25) is 0 Å². The summed E-state index contributed by atoms with van der Waals surface area (Å²) in [5.74, 6) is -0.414. The first-order valence-corrected chi connectivity index (χ1v) is 6.89. The van der Waals surface area contributed by atoms with Crippen molar-refractivity contribution in [2.75, 3.05) is 13.2 Å². The number of rotatable bonds is 7. The Bertz CT molecular complexity index is 389. The Morgan fingerprint density at radius 1 is 1.43 bits per heavy atom. The number of aliphatic hydroxyl groups excluding tert-OH is 1. The van der Waals surface area contributed by atoms with E-state index in [1.807, 2.05) is 0 Å². The molecule has 0 saturated carbocycles. The second kappa shape index (κ2) is 7.01. The Labute approximate surface area is 121 Å². The summed E-state index contributed by atoms with van der Waals surface area (Å²) in [5.41, 5.74) is 0. The Hall–Kier alpha value is -1.45. The fraction of sp³-hybridized carbons (Fsp3) is 0.917. The van der Waals surface area contributed by atoms with Crippen LogP contribution in [0.25, 0.3) is 0 Å². The van der Waals surface area contributed by atoms with Gasteiger partial charge in [-0.1, -0.05) is 0 Å². The minimum atomic E-state index is -0.846. The fourth-order valence-electron chi connectivity index (χ4n) is 2.51. The summed E-state index contributed by atoms with van der Waals surface area (Å²) in [6, 6.07) is 0. The summed E-state index contributed by atoms with van der Waals surface area (Å²) >= 11 is 0. The molecule has 0 spiro atoms. The van der Waals surface area contributed by atoms with Crippen LogP contribution in [0.1, 0.15) is 26.2 Å². The van der Waals surface area contributed by atoms with Gasteiger partial charge in [0, 0.05) is 6.42 Å². The van der Waals surface area contributed by atoms with Gasteiger partial charge in [-0.05, 0) is 19.8 Å². The zero-order chi connectivity index (χ0) is 15.4.